The molecule has 0 spiro atoms. The summed E-state index contributed by atoms with van der Waals surface area (Å²) < 4.78 is 14.2. The summed E-state index contributed by atoms with van der Waals surface area (Å²) in [6, 6.07) is 16.3. The molecule has 1 aliphatic carbocycles. The number of carbonyl (C=O) groups is 2. The second-order valence-corrected chi connectivity index (χ2v) is 8.21. The Bertz CT molecular complexity index is 1110. The van der Waals surface area contributed by atoms with Crippen LogP contribution in [0.3, 0.4) is 0 Å². The van der Waals surface area contributed by atoms with Gasteiger partial charge in [0.25, 0.3) is 0 Å². The number of carbonyl (C=O) groups excluding carboxylic acids is 2. The van der Waals surface area contributed by atoms with Gasteiger partial charge in [-0.05, 0) is 36.6 Å². The average Bonchev–Trinajstić information content (AvgIpc) is 3.51. The van der Waals surface area contributed by atoms with E-state index in [-0.39, 0.29) is 23.5 Å². The third kappa shape index (κ3) is 5.06. The van der Waals surface area contributed by atoms with Gasteiger partial charge in [0.15, 0.2) is 5.13 Å². The number of benzene rings is 2. The summed E-state index contributed by atoms with van der Waals surface area (Å²) in [4.78, 5) is 32.5. The lowest BCUT2D eigenvalue weighted by Gasteiger charge is -2.20. The fourth-order valence-corrected chi connectivity index (χ4v) is 4.15. The fraction of sp³-hybridized carbons (Fsp3) is 0.208. The second-order valence-electron chi connectivity index (χ2n) is 7.38. The summed E-state index contributed by atoms with van der Waals surface area (Å²) in [6.07, 6.45) is 5.19. The molecule has 1 aromatic heterocycles. The SMILES string of the molecule is CC(=O)N(c1nc(/C=C/C(=O)N(Cc2ccccc2)C2CC2)cs1)c1ccccc1F. The highest BCUT2D eigenvalue weighted by Crippen LogP contribution is 2.31. The maximum absolute atomic E-state index is 14.2. The molecule has 0 bridgehead atoms. The molecule has 0 unspecified atom stereocenters. The zero-order valence-corrected chi connectivity index (χ0v) is 17.9. The number of amides is 2. The van der Waals surface area contributed by atoms with E-state index in [0.717, 1.165) is 18.4 Å². The standard InChI is InChI=1S/C24H22FN3O2S/c1-17(29)28(22-10-6-5-9-21(22)25)24-26-19(16-31-24)11-14-23(30)27(20-12-13-20)15-18-7-3-2-4-8-18/h2-11,14,16,20H,12-13,15H2,1H3/b14-11+. The predicted molar refractivity (Wildman–Crippen MR) is 120 cm³/mol. The van der Waals surface area contributed by atoms with E-state index in [2.05, 4.69) is 4.98 Å². The van der Waals surface area contributed by atoms with E-state index in [1.165, 1.54) is 41.4 Å². The normalized spacial score (nSPS) is 13.4. The molecule has 0 saturated heterocycles. The maximum Gasteiger partial charge on any atom is 0.247 e. The van der Waals surface area contributed by atoms with E-state index < -0.39 is 5.82 Å². The van der Waals surface area contributed by atoms with Crippen LogP contribution in [0.25, 0.3) is 6.08 Å². The first-order chi connectivity index (χ1) is 15.0. The Balaban J connectivity index is 1.50. The lowest BCUT2D eigenvalue weighted by Crippen LogP contribution is -2.31. The predicted octanol–water partition coefficient (Wildman–Crippen LogP) is 5.17. The second kappa shape index (κ2) is 9.22. The highest BCUT2D eigenvalue weighted by molar-refractivity contribution is 7.14. The molecule has 2 aromatic carbocycles. The van der Waals surface area contributed by atoms with Crippen LogP contribution >= 0.6 is 11.3 Å². The number of thiazole rings is 1. The third-order valence-corrected chi connectivity index (χ3v) is 5.82. The van der Waals surface area contributed by atoms with Gasteiger partial charge in [-0.15, -0.1) is 11.3 Å². The quantitative estimate of drug-likeness (QED) is 0.481. The minimum Gasteiger partial charge on any atom is -0.332 e. The number of hydrogen-bond donors (Lipinski definition) is 0. The minimum absolute atomic E-state index is 0.0709. The van der Waals surface area contributed by atoms with Gasteiger partial charge in [0, 0.05) is 31.0 Å². The Morgan fingerprint density at radius 3 is 2.52 bits per heavy atom. The Morgan fingerprint density at radius 1 is 1.13 bits per heavy atom. The van der Waals surface area contributed by atoms with Crippen molar-refractivity contribution >= 4 is 40.0 Å². The number of rotatable bonds is 7. The van der Waals surface area contributed by atoms with Gasteiger partial charge < -0.3 is 4.90 Å². The number of nitrogens with zero attached hydrogens (tertiary/aromatic N) is 3. The number of aromatic nitrogens is 1. The molecule has 0 N–H and O–H groups in total. The molecule has 1 saturated carbocycles. The number of hydrogen-bond acceptors (Lipinski definition) is 4. The molecule has 0 radical (unpaired) electrons. The van der Waals surface area contributed by atoms with Gasteiger partial charge in [-0.3, -0.25) is 14.5 Å². The van der Waals surface area contributed by atoms with Crippen molar-refractivity contribution in [2.45, 2.75) is 32.4 Å². The minimum atomic E-state index is -0.499. The molecular formula is C24H22FN3O2S. The number of halogens is 1. The van der Waals surface area contributed by atoms with Gasteiger partial charge in [-0.25, -0.2) is 9.37 Å². The van der Waals surface area contributed by atoms with Crippen molar-refractivity contribution in [3.63, 3.8) is 0 Å². The van der Waals surface area contributed by atoms with Crippen LogP contribution in [-0.4, -0.2) is 27.7 Å². The maximum atomic E-state index is 14.2. The van der Waals surface area contributed by atoms with Gasteiger partial charge >= 0.3 is 0 Å². The van der Waals surface area contributed by atoms with Crippen LogP contribution in [-0.2, 0) is 16.1 Å². The molecule has 1 aliphatic rings. The third-order valence-electron chi connectivity index (χ3n) is 4.97. The molecule has 4 rings (SSSR count). The molecule has 158 valence electrons. The lowest BCUT2D eigenvalue weighted by molar-refractivity contribution is -0.127. The Labute approximate surface area is 184 Å². The summed E-state index contributed by atoms with van der Waals surface area (Å²) in [7, 11) is 0. The molecule has 1 fully saturated rings. The molecule has 5 nitrogen and oxygen atoms in total. The van der Waals surface area contributed by atoms with E-state index in [1.807, 2.05) is 35.2 Å². The van der Waals surface area contributed by atoms with Crippen molar-refractivity contribution in [2.75, 3.05) is 4.90 Å². The summed E-state index contributed by atoms with van der Waals surface area (Å²) in [5, 5.41) is 2.10. The van der Waals surface area contributed by atoms with Crippen molar-refractivity contribution < 1.29 is 14.0 Å². The van der Waals surface area contributed by atoms with Gasteiger partial charge in [-0.2, -0.15) is 0 Å². The molecule has 7 heteroatoms. The molecule has 1 heterocycles. The largest absolute Gasteiger partial charge is 0.332 e. The Morgan fingerprint density at radius 2 is 1.84 bits per heavy atom. The van der Waals surface area contributed by atoms with E-state index in [1.54, 1.807) is 23.6 Å². The van der Waals surface area contributed by atoms with Gasteiger partial charge in [-0.1, -0.05) is 42.5 Å². The molecule has 2 amide bonds. The lowest BCUT2D eigenvalue weighted by atomic mass is 10.2. The average molecular weight is 436 g/mol. The van der Waals surface area contributed by atoms with Crippen molar-refractivity contribution in [3.8, 4) is 0 Å². The Kier molecular flexibility index (Phi) is 6.23. The smallest absolute Gasteiger partial charge is 0.247 e. The number of anilines is 2. The number of para-hydroxylation sites is 1. The highest BCUT2D eigenvalue weighted by Gasteiger charge is 2.31. The van der Waals surface area contributed by atoms with Crippen LogP contribution in [0.15, 0.2) is 66.1 Å². The van der Waals surface area contributed by atoms with E-state index in [0.29, 0.717) is 17.4 Å². The summed E-state index contributed by atoms with van der Waals surface area (Å²) in [5.41, 5.74) is 1.79. The van der Waals surface area contributed by atoms with Gasteiger partial charge in [0.1, 0.15) is 5.82 Å². The van der Waals surface area contributed by atoms with Crippen LogP contribution in [0, 0.1) is 5.82 Å². The van der Waals surface area contributed by atoms with Crippen molar-refractivity contribution in [1.82, 2.24) is 9.88 Å². The van der Waals surface area contributed by atoms with Crippen molar-refractivity contribution in [2.24, 2.45) is 0 Å². The fourth-order valence-electron chi connectivity index (χ4n) is 3.30. The molecule has 0 atom stereocenters. The molecule has 0 aliphatic heterocycles. The topological polar surface area (TPSA) is 53.5 Å². The monoisotopic (exact) mass is 435 g/mol. The van der Waals surface area contributed by atoms with Crippen LogP contribution in [0.5, 0.6) is 0 Å². The van der Waals surface area contributed by atoms with Gasteiger partial charge in [0.2, 0.25) is 11.8 Å². The molecule has 3 aromatic rings. The summed E-state index contributed by atoms with van der Waals surface area (Å²) >= 11 is 1.22. The molecular weight excluding hydrogens is 413 g/mol. The zero-order chi connectivity index (χ0) is 21.8. The van der Waals surface area contributed by atoms with E-state index >= 15 is 0 Å². The summed E-state index contributed by atoms with van der Waals surface area (Å²) in [6.45, 7) is 1.94. The molecule has 31 heavy (non-hydrogen) atoms. The van der Waals surface area contributed by atoms with Crippen LogP contribution < -0.4 is 4.90 Å². The van der Waals surface area contributed by atoms with Crippen LogP contribution in [0.4, 0.5) is 15.2 Å². The van der Waals surface area contributed by atoms with Crippen LogP contribution in [0.1, 0.15) is 31.0 Å². The van der Waals surface area contributed by atoms with Crippen molar-refractivity contribution in [3.05, 3.63) is 83.1 Å². The Hall–Kier alpha value is -3.32. The first-order valence-electron chi connectivity index (χ1n) is 10.1. The zero-order valence-electron chi connectivity index (χ0n) is 17.1. The van der Waals surface area contributed by atoms with Crippen molar-refractivity contribution in [1.29, 1.82) is 0 Å². The highest BCUT2D eigenvalue weighted by atomic mass is 32.1. The van der Waals surface area contributed by atoms with Gasteiger partial charge in [0.05, 0.1) is 11.4 Å². The summed E-state index contributed by atoms with van der Waals surface area (Å²) in [5.74, 6) is -0.909. The first-order valence-corrected chi connectivity index (χ1v) is 10.9. The van der Waals surface area contributed by atoms with Crippen LogP contribution in [0.2, 0.25) is 0 Å². The van der Waals surface area contributed by atoms with E-state index in [9.17, 15) is 14.0 Å². The first kappa shape index (κ1) is 20.9. The van der Waals surface area contributed by atoms with E-state index in [4.69, 9.17) is 0 Å².